The molecule has 0 saturated carbocycles. The monoisotopic (exact) mass is 496 g/mol. The molecule has 10 heteroatoms. The highest BCUT2D eigenvalue weighted by Crippen LogP contribution is 2.29. The molecule has 3 aromatic rings. The first-order valence-corrected chi connectivity index (χ1v) is 11.6. The molecule has 0 unspecified atom stereocenters. The van der Waals surface area contributed by atoms with Crippen LogP contribution in [0.4, 0.5) is 18.9 Å². The van der Waals surface area contributed by atoms with E-state index >= 15 is 0 Å². The van der Waals surface area contributed by atoms with Crippen molar-refractivity contribution in [3.05, 3.63) is 94.5 Å². The van der Waals surface area contributed by atoms with Crippen molar-refractivity contribution in [2.45, 2.75) is 24.5 Å². The maximum absolute atomic E-state index is 13.3. The molecule has 1 N–H and O–H groups in total. The molecule has 0 saturated heterocycles. The molecule has 0 aliphatic rings. The van der Waals surface area contributed by atoms with Crippen LogP contribution in [0.2, 0.25) is 5.02 Å². The average Bonchev–Trinajstić information content (AvgIpc) is 2.76. The normalized spacial score (nSPS) is 11.8. The molecular formula is C23H20ClF3N2O3S. The van der Waals surface area contributed by atoms with Gasteiger partial charge < -0.3 is 5.32 Å². The zero-order valence-electron chi connectivity index (χ0n) is 17.4. The number of nitrogens with one attached hydrogen (secondary N) is 1. The summed E-state index contributed by atoms with van der Waals surface area (Å²) in [5.74, 6) is -0.675. The van der Waals surface area contributed by atoms with Gasteiger partial charge >= 0.3 is 6.18 Å². The highest BCUT2D eigenvalue weighted by atomic mass is 35.5. The van der Waals surface area contributed by atoms with Crippen LogP contribution in [0.1, 0.15) is 16.7 Å². The first-order valence-electron chi connectivity index (χ1n) is 9.74. The van der Waals surface area contributed by atoms with Gasteiger partial charge in [0.1, 0.15) is 6.54 Å². The van der Waals surface area contributed by atoms with Gasteiger partial charge in [-0.25, -0.2) is 8.42 Å². The highest BCUT2D eigenvalue weighted by Gasteiger charge is 2.30. The number of carbonyl (C=O) groups excluding carboxylic acids is 1. The molecule has 0 heterocycles. The van der Waals surface area contributed by atoms with Gasteiger partial charge in [-0.3, -0.25) is 9.10 Å². The lowest BCUT2D eigenvalue weighted by Gasteiger charge is -2.24. The van der Waals surface area contributed by atoms with E-state index in [1.54, 1.807) is 24.3 Å². The van der Waals surface area contributed by atoms with Gasteiger partial charge in [-0.2, -0.15) is 13.2 Å². The van der Waals surface area contributed by atoms with Crippen LogP contribution in [0.5, 0.6) is 0 Å². The van der Waals surface area contributed by atoms with E-state index < -0.39 is 34.2 Å². The standard InChI is InChI=1S/C23H20ClF3N2O3S/c1-16-5-9-20(10-6-16)29(33(31,32)21-11-7-19(24)8-12-21)15-22(30)28-14-17-3-2-4-18(13-17)23(25,26)27/h2-13H,14-15H2,1H3,(H,28,30). The van der Waals surface area contributed by atoms with Crippen molar-refractivity contribution >= 4 is 33.2 Å². The van der Waals surface area contributed by atoms with Crippen LogP contribution in [0.3, 0.4) is 0 Å². The molecule has 0 bridgehead atoms. The van der Waals surface area contributed by atoms with E-state index in [9.17, 15) is 26.4 Å². The average molecular weight is 497 g/mol. The smallest absolute Gasteiger partial charge is 0.350 e. The third kappa shape index (κ3) is 6.27. The van der Waals surface area contributed by atoms with Crippen molar-refractivity contribution < 1.29 is 26.4 Å². The van der Waals surface area contributed by atoms with E-state index in [1.165, 1.54) is 36.4 Å². The van der Waals surface area contributed by atoms with Crippen molar-refractivity contribution in [3.63, 3.8) is 0 Å². The Kier molecular flexibility index (Phi) is 7.34. The number of carbonyl (C=O) groups is 1. The lowest BCUT2D eigenvalue weighted by atomic mass is 10.1. The van der Waals surface area contributed by atoms with Crippen molar-refractivity contribution in [1.29, 1.82) is 0 Å². The molecule has 3 rings (SSSR count). The van der Waals surface area contributed by atoms with E-state index in [0.717, 1.165) is 22.0 Å². The number of aryl methyl sites for hydroxylation is 1. The maximum atomic E-state index is 13.3. The zero-order valence-corrected chi connectivity index (χ0v) is 19.0. The van der Waals surface area contributed by atoms with Crippen LogP contribution in [0, 0.1) is 6.92 Å². The maximum Gasteiger partial charge on any atom is 0.416 e. The van der Waals surface area contributed by atoms with Gasteiger partial charge in [-0.05, 0) is 61.0 Å². The fourth-order valence-corrected chi connectivity index (χ4v) is 4.55. The Hall–Kier alpha value is -3.04. The van der Waals surface area contributed by atoms with Gasteiger partial charge in [0, 0.05) is 11.6 Å². The van der Waals surface area contributed by atoms with E-state index in [2.05, 4.69) is 5.32 Å². The quantitative estimate of drug-likeness (QED) is 0.490. The summed E-state index contributed by atoms with van der Waals surface area (Å²) in [6, 6.07) is 16.6. The van der Waals surface area contributed by atoms with Gasteiger partial charge in [-0.15, -0.1) is 0 Å². The second kappa shape index (κ2) is 9.84. The largest absolute Gasteiger partial charge is 0.416 e. The summed E-state index contributed by atoms with van der Waals surface area (Å²) in [5.41, 5.74) is 0.572. The molecule has 33 heavy (non-hydrogen) atoms. The number of amides is 1. The lowest BCUT2D eigenvalue weighted by molar-refractivity contribution is -0.137. The Morgan fingerprint density at radius 3 is 2.24 bits per heavy atom. The minimum Gasteiger partial charge on any atom is -0.350 e. The van der Waals surface area contributed by atoms with Gasteiger partial charge in [0.05, 0.1) is 16.1 Å². The van der Waals surface area contributed by atoms with Crippen LogP contribution in [0.15, 0.2) is 77.7 Å². The molecule has 0 atom stereocenters. The highest BCUT2D eigenvalue weighted by molar-refractivity contribution is 7.92. The number of hydrogen-bond acceptors (Lipinski definition) is 3. The van der Waals surface area contributed by atoms with Crippen LogP contribution < -0.4 is 9.62 Å². The van der Waals surface area contributed by atoms with Crippen molar-refractivity contribution in [3.8, 4) is 0 Å². The van der Waals surface area contributed by atoms with E-state index in [0.29, 0.717) is 5.02 Å². The van der Waals surface area contributed by atoms with Gasteiger partial charge in [0.25, 0.3) is 10.0 Å². The molecule has 0 spiro atoms. The summed E-state index contributed by atoms with van der Waals surface area (Å²) in [6.07, 6.45) is -4.51. The Morgan fingerprint density at radius 1 is 1.00 bits per heavy atom. The second-order valence-corrected chi connectivity index (χ2v) is 9.57. The van der Waals surface area contributed by atoms with Crippen LogP contribution in [-0.4, -0.2) is 20.9 Å². The summed E-state index contributed by atoms with van der Waals surface area (Å²) < 4.78 is 66.2. The minimum atomic E-state index is -4.51. The number of alkyl halides is 3. The SMILES string of the molecule is Cc1ccc(N(CC(=O)NCc2cccc(C(F)(F)F)c2)S(=O)(=O)c2ccc(Cl)cc2)cc1. The van der Waals surface area contributed by atoms with Crippen LogP contribution in [0.25, 0.3) is 0 Å². The summed E-state index contributed by atoms with van der Waals surface area (Å²) in [5, 5.41) is 2.84. The van der Waals surface area contributed by atoms with Crippen LogP contribution in [-0.2, 0) is 27.5 Å². The van der Waals surface area contributed by atoms with Crippen molar-refractivity contribution in [1.82, 2.24) is 5.32 Å². The minimum absolute atomic E-state index is 0.0573. The first-order chi connectivity index (χ1) is 15.5. The first kappa shape index (κ1) is 24.6. The fraction of sp³-hybridized carbons (Fsp3) is 0.174. The number of anilines is 1. The van der Waals surface area contributed by atoms with Crippen molar-refractivity contribution in [2.24, 2.45) is 0 Å². The second-order valence-electron chi connectivity index (χ2n) is 7.28. The lowest BCUT2D eigenvalue weighted by Crippen LogP contribution is -2.40. The Morgan fingerprint density at radius 2 is 1.64 bits per heavy atom. The van der Waals surface area contributed by atoms with E-state index in [1.807, 2.05) is 6.92 Å². The third-order valence-corrected chi connectivity index (χ3v) is 6.79. The molecule has 0 aliphatic heterocycles. The molecule has 3 aromatic carbocycles. The molecule has 174 valence electrons. The molecular weight excluding hydrogens is 477 g/mol. The van der Waals surface area contributed by atoms with Gasteiger partial charge in [0.2, 0.25) is 5.91 Å². The van der Waals surface area contributed by atoms with Gasteiger partial charge in [0.15, 0.2) is 0 Å². The molecule has 0 fully saturated rings. The van der Waals surface area contributed by atoms with E-state index in [-0.39, 0.29) is 22.7 Å². The molecule has 0 aromatic heterocycles. The Balaban J connectivity index is 1.82. The number of nitrogens with zero attached hydrogens (tertiary/aromatic N) is 1. The molecule has 1 amide bonds. The summed E-state index contributed by atoms with van der Waals surface area (Å²) in [6.45, 7) is 1.09. The topological polar surface area (TPSA) is 66.5 Å². The predicted molar refractivity (Wildman–Crippen MR) is 120 cm³/mol. The third-order valence-electron chi connectivity index (χ3n) is 4.75. The van der Waals surface area contributed by atoms with Gasteiger partial charge in [-0.1, -0.05) is 41.4 Å². The molecule has 5 nitrogen and oxygen atoms in total. The number of halogens is 4. The summed E-state index contributed by atoms with van der Waals surface area (Å²) >= 11 is 5.86. The number of benzene rings is 3. The van der Waals surface area contributed by atoms with E-state index in [4.69, 9.17) is 11.6 Å². The molecule has 0 radical (unpaired) electrons. The Labute approximate surface area is 194 Å². The van der Waals surface area contributed by atoms with Crippen molar-refractivity contribution in [2.75, 3.05) is 10.8 Å². The number of sulfonamides is 1. The number of hydrogen-bond donors (Lipinski definition) is 1. The summed E-state index contributed by atoms with van der Waals surface area (Å²) in [4.78, 5) is 12.6. The Bertz CT molecular complexity index is 1230. The fourth-order valence-electron chi connectivity index (χ4n) is 3.00. The predicted octanol–water partition coefficient (Wildman–Crippen LogP) is 5.18. The number of rotatable bonds is 7. The summed E-state index contributed by atoms with van der Waals surface area (Å²) in [7, 11) is -4.12. The zero-order chi connectivity index (χ0) is 24.2. The molecule has 0 aliphatic carbocycles. The van der Waals surface area contributed by atoms with Crippen LogP contribution >= 0.6 is 11.6 Å².